The molecule has 0 N–H and O–H groups in total. The largest absolute Gasteiger partial charge is 0.460 e. The highest BCUT2D eigenvalue weighted by Crippen LogP contribution is 2.44. The molecule has 1 aromatic carbocycles. The van der Waals surface area contributed by atoms with Crippen LogP contribution in [0.15, 0.2) is 24.3 Å². The van der Waals surface area contributed by atoms with Crippen molar-refractivity contribution in [2.45, 2.75) is 40.0 Å². The third-order valence-corrected chi connectivity index (χ3v) is 6.80. The van der Waals surface area contributed by atoms with Crippen molar-refractivity contribution in [1.29, 1.82) is 0 Å². The Kier molecular flexibility index (Phi) is 5.70. The maximum Gasteiger partial charge on any atom is 0.340 e. The first-order valence-corrected chi connectivity index (χ1v) is 11.0. The maximum absolute atomic E-state index is 13.1. The topological polar surface area (TPSA) is 48.4 Å². The summed E-state index contributed by atoms with van der Waals surface area (Å²) in [6.45, 7) is 6.92. The van der Waals surface area contributed by atoms with Crippen molar-refractivity contribution in [2.75, 3.05) is 20.3 Å². The second-order valence-corrected chi connectivity index (χ2v) is 9.06. The Morgan fingerprint density at radius 2 is 2.10 bits per heavy atom. The second-order valence-electron chi connectivity index (χ2n) is 7.98. The van der Waals surface area contributed by atoms with E-state index in [2.05, 4.69) is 32.0 Å². The molecule has 0 spiro atoms. The summed E-state index contributed by atoms with van der Waals surface area (Å²) >= 11 is 1.79. The van der Waals surface area contributed by atoms with Gasteiger partial charge >= 0.3 is 5.97 Å². The van der Waals surface area contributed by atoms with Gasteiger partial charge in [0.25, 0.3) is 0 Å². The normalized spacial score (nSPS) is 16.1. The molecule has 3 aromatic rings. The first-order chi connectivity index (χ1) is 14.0. The molecule has 1 atom stereocenters. The lowest BCUT2D eigenvalue weighted by atomic mass is 9.86. The number of aryl methyl sites for hydroxylation is 3. The van der Waals surface area contributed by atoms with Crippen LogP contribution in [0.1, 0.15) is 45.4 Å². The molecule has 1 aliphatic carbocycles. The molecular formula is C24H27NO3S. The Balaban J connectivity index is 1.97. The summed E-state index contributed by atoms with van der Waals surface area (Å²) in [4.78, 5) is 20.4. The van der Waals surface area contributed by atoms with Crippen LogP contribution in [0.2, 0.25) is 0 Å². The van der Waals surface area contributed by atoms with Crippen LogP contribution in [0, 0.1) is 19.8 Å². The van der Waals surface area contributed by atoms with Crippen molar-refractivity contribution in [3.63, 3.8) is 0 Å². The molecule has 0 bridgehead atoms. The van der Waals surface area contributed by atoms with Crippen LogP contribution in [0.3, 0.4) is 0 Å². The number of nitrogens with zero attached hydrogens (tertiary/aromatic N) is 1. The Hall–Kier alpha value is -2.24. The van der Waals surface area contributed by atoms with Gasteiger partial charge in [-0.25, -0.2) is 9.78 Å². The summed E-state index contributed by atoms with van der Waals surface area (Å²) in [5.74, 6) is 0.368. The number of benzene rings is 1. The fourth-order valence-corrected chi connectivity index (χ4v) is 5.65. The average Bonchev–Trinajstić information content (AvgIpc) is 3.03. The van der Waals surface area contributed by atoms with Gasteiger partial charge in [-0.2, -0.15) is 0 Å². The van der Waals surface area contributed by atoms with E-state index < -0.39 is 0 Å². The van der Waals surface area contributed by atoms with Gasteiger partial charge < -0.3 is 9.47 Å². The predicted molar refractivity (Wildman–Crippen MR) is 118 cm³/mol. The minimum absolute atomic E-state index is 0.235. The van der Waals surface area contributed by atoms with Gasteiger partial charge in [0.15, 0.2) is 0 Å². The van der Waals surface area contributed by atoms with Crippen LogP contribution in [0.4, 0.5) is 0 Å². The highest BCUT2D eigenvalue weighted by atomic mass is 32.1. The average molecular weight is 410 g/mol. The molecule has 0 aliphatic heterocycles. The monoisotopic (exact) mass is 409 g/mol. The fraction of sp³-hybridized carbons (Fsp3) is 0.417. The van der Waals surface area contributed by atoms with Gasteiger partial charge in [-0.05, 0) is 50.2 Å². The first kappa shape index (κ1) is 20.0. The summed E-state index contributed by atoms with van der Waals surface area (Å²) in [6, 6.07) is 8.36. The molecule has 4 nitrogen and oxygen atoms in total. The molecule has 1 unspecified atom stereocenters. The van der Waals surface area contributed by atoms with Gasteiger partial charge in [-0.3, -0.25) is 0 Å². The van der Waals surface area contributed by atoms with E-state index in [1.165, 1.54) is 22.4 Å². The Bertz CT molecular complexity index is 1070. The standard InChI is InChI=1S/C24H27NO3S/c1-14-6-5-7-17(12-14)21-20(24(26)28-11-10-27-4)16(3)25-23-22(21)18-9-8-15(2)13-19(18)29-23/h5-7,12,15H,8-11,13H2,1-4H3. The van der Waals surface area contributed by atoms with Crippen LogP contribution in [-0.2, 0) is 22.3 Å². The number of rotatable bonds is 5. The minimum atomic E-state index is -0.324. The number of pyridine rings is 1. The highest BCUT2D eigenvalue weighted by Gasteiger charge is 2.28. The summed E-state index contributed by atoms with van der Waals surface area (Å²) in [5, 5.41) is 1.15. The second kappa shape index (κ2) is 8.25. The number of thiophene rings is 1. The SMILES string of the molecule is COCCOC(=O)c1c(C)nc2sc3c(c2c1-c1cccc(C)c1)CCC(C)C3. The number of aromatic nitrogens is 1. The number of methoxy groups -OCH3 is 1. The quantitative estimate of drug-likeness (QED) is 0.412. The van der Waals surface area contributed by atoms with Gasteiger partial charge in [0.05, 0.1) is 17.9 Å². The zero-order valence-electron chi connectivity index (χ0n) is 17.5. The van der Waals surface area contributed by atoms with Crippen LogP contribution in [-0.4, -0.2) is 31.3 Å². The molecule has 0 amide bonds. The first-order valence-electron chi connectivity index (χ1n) is 10.2. The van der Waals surface area contributed by atoms with Crippen LogP contribution < -0.4 is 0 Å². The Morgan fingerprint density at radius 3 is 2.86 bits per heavy atom. The predicted octanol–water partition coefficient (Wildman–Crippen LogP) is 5.51. The van der Waals surface area contributed by atoms with Gasteiger partial charge in [-0.1, -0.05) is 36.8 Å². The number of esters is 1. The lowest BCUT2D eigenvalue weighted by molar-refractivity contribution is 0.0388. The lowest BCUT2D eigenvalue weighted by Gasteiger charge is -2.19. The summed E-state index contributed by atoms with van der Waals surface area (Å²) in [7, 11) is 1.60. The number of hydrogen-bond acceptors (Lipinski definition) is 5. The van der Waals surface area contributed by atoms with Crippen molar-refractivity contribution >= 4 is 27.5 Å². The molecule has 152 valence electrons. The van der Waals surface area contributed by atoms with Crippen molar-refractivity contribution in [3.05, 3.63) is 51.5 Å². The van der Waals surface area contributed by atoms with Crippen molar-refractivity contribution in [2.24, 2.45) is 5.92 Å². The molecule has 2 aromatic heterocycles. The maximum atomic E-state index is 13.1. The zero-order chi connectivity index (χ0) is 20.5. The number of fused-ring (bicyclic) bond motifs is 3. The Labute approximate surface area is 175 Å². The van der Waals surface area contributed by atoms with E-state index in [-0.39, 0.29) is 12.6 Å². The van der Waals surface area contributed by atoms with E-state index in [9.17, 15) is 4.79 Å². The lowest BCUT2D eigenvalue weighted by Crippen LogP contribution is -2.14. The van der Waals surface area contributed by atoms with Crippen LogP contribution in [0.5, 0.6) is 0 Å². The molecule has 0 radical (unpaired) electrons. The van der Waals surface area contributed by atoms with E-state index in [0.717, 1.165) is 39.9 Å². The van der Waals surface area contributed by atoms with E-state index in [1.807, 2.05) is 13.0 Å². The molecule has 5 heteroatoms. The van der Waals surface area contributed by atoms with E-state index in [1.54, 1.807) is 18.4 Å². The summed E-state index contributed by atoms with van der Waals surface area (Å²) < 4.78 is 10.6. The molecule has 2 heterocycles. The molecule has 0 saturated carbocycles. The van der Waals surface area contributed by atoms with Crippen molar-refractivity contribution in [1.82, 2.24) is 4.98 Å². The van der Waals surface area contributed by atoms with Gasteiger partial charge in [-0.15, -0.1) is 11.3 Å². The minimum Gasteiger partial charge on any atom is -0.460 e. The molecular weight excluding hydrogens is 382 g/mol. The number of hydrogen-bond donors (Lipinski definition) is 0. The van der Waals surface area contributed by atoms with E-state index >= 15 is 0 Å². The molecule has 4 rings (SSSR count). The van der Waals surface area contributed by atoms with Gasteiger partial charge in [0, 0.05) is 22.9 Å². The highest BCUT2D eigenvalue weighted by molar-refractivity contribution is 7.19. The Morgan fingerprint density at radius 1 is 1.28 bits per heavy atom. The van der Waals surface area contributed by atoms with Gasteiger partial charge in [0.2, 0.25) is 0 Å². The number of ether oxygens (including phenoxy) is 2. The fourth-order valence-electron chi connectivity index (χ4n) is 4.22. The number of carbonyl (C=O) groups excluding carboxylic acids is 1. The van der Waals surface area contributed by atoms with Crippen LogP contribution >= 0.6 is 11.3 Å². The van der Waals surface area contributed by atoms with E-state index in [4.69, 9.17) is 14.5 Å². The van der Waals surface area contributed by atoms with Crippen molar-refractivity contribution in [3.8, 4) is 11.1 Å². The third kappa shape index (κ3) is 3.81. The van der Waals surface area contributed by atoms with Crippen molar-refractivity contribution < 1.29 is 14.3 Å². The van der Waals surface area contributed by atoms with E-state index in [0.29, 0.717) is 18.1 Å². The zero-order valence-corrected chi connectivity index (χ0v) is 18.3. The van der Waals surface area contributed by atoms with Gasteiger partial charge in [0.1, 0.15) is 11.4 Å². The molecule has 0 fully saturated rings. The molecule has 1 aliphatic rings. The number of carbonyl (C=O) groups is 1. The third-order valence-electron chi connectivity index (χ3n) is 5.66. The molecule has 0 saturated heterocycles. The summed E-state index contributed by atoms with van der Waals surface area (Å²) in [5.41, 5.74) is 5.88. The smallest absolute Gasteiger partial charge is 0.340 e. The summed E-state index contributed by atoms with van der Waals surface area (Å²) in [6.07, 6.45) is 3.31. The van der Waals surface area contributed by atoms with Crippen LogP contribution in [0.25, 0.3) is 21.3 Å². The molecule has 29 heavy (non-hydrogen) atoms.